The van der Waals surface area contributed by atoms with Crippen molar-refractivity contribution >= 4 is 25.7 Å². The summed E-state index contributed by atoms with van der Waals surface area (Å²) >= 11 is -1.31. The Balaban J connectivity index is 0.000000204. The first-order valence-electron chi connectivity index (χ1n) is 12.0. The van der Waals surface area contributed by atoms with Crippen LogP contribution in [0.2, 0.25) is 11.8 Å². The van der Waals surface area contributed by atoms with E-state index in [9.17, 15) is 4.79 Å². The maximum absolute atomic E-state index is 10.2. The fourth-order valence-electron chi connectivity index (χ4n) is 6.28. The largest absolute Gasteiger partial charge is 0.493 e. The molecule has 0 atom stereocenters. The molecule has 2 N–H and O–H groups in total. The predicted octanol–water partition coefficient (Wildman–Crippen LogP) is 6.70. The van der Waals surface area contributed by atoms with Crippen molar-refractivity contribution in [3.05, 3.63) is 23.9 Å². The molecule has 3 aliphatic rings. The first-order valence-corrected chi connectivity index (χ1v) is 17.7. The van der Waals surface area contributed by atoms with Crippen LogP contribution in [0.15, 0.2) is 18.3 Å². The number of carboxylic acid groups (broad SMARTS) is 1. The van der Waals surface area contributed by atoms with E-state index < -0.39 is 31.6 Å². The Hall–Kier alpha value is -0.781. The van der Waals surface area contributed by atoms with E-state index in [2.05, 4.69) is 4.98 Å². The molecule has 4 rings (SSSR count). The van der Waals surface area contributed by atoms with Crippen LogP contribution in [0.5, 0.6) is 5.88 Å². The molecule has 0 saturated heterocycles. The summed E-state index contributed by atoms with van der Waals surface area (Å²) in [5.41, 5.74) is -0.178. The Morgan fingerprint density at radius 1 is 0.793 bits per heavy atom. The second-order valence-corrected chi connectivity index (χ2v) is 20.8. The Kier molecular flexibility index (Phi) is 9.60. The van der Waals surface area contributed by atoms with E-state index in [4.69, 9.17) is 10.2 Å². The number of rotatable bonds is 4. The number of nitrogens with zero attached hydrogens (tertiary/aromatic N) is 1. The van der Waals surface area contributed by atoms with Crippen molar-refractivity contribution in [2.45, 2.75) is 108 Å². The summed E-state index contributed by atoms with van der Waals surface area (Å²) < 4.78 is 4.00. The van der Waals surface area contributed by atoms with Gasteiger partial charge in [0, 0.05) is 6.20 Å². The van der Waals surface area contributed by atoms with Gasteiger partial charge in [0.15, 0.2) is 0 Å². The summed E-state index contributed by atoms with van der Waals surface area (Å²) in [5.74, 6) is -1.62. The summed E-state index contributed by atoms with van der Waals surface area (Å²) in [6.07, 6.45) is 25.6. The van der Waals surface area contributed by atoms with Crippen LogP contribution in [0.1, 0.15) is 107 Å². The standard InChI is InChI=1S/C6H5NO3.3C6H11.Sn.H/c8-5-4(6(9)10)2-1-3-7-5;3*1-2-4-6-5-3-1;;/h1-3H,(H,7,8)(H,9,10);3*1H,2-6H2;;. The van der Waals surface area contributed by atoms with E-state index in [1.54, 1.807) is 96.3 Å². The Bertz CT molecular complexity index is 578. The average Bonchev–Trinajstić information content (AvgIpc) is 2.77. The zero-order chi connectivity index (χ0) is 20.5. The number of carbonyl (C=O) groups is 1. The molecule has 1 aromatic heterocycles. The number of aromatic nitrogens is 1. The molecule has 3 aliphatic carbocycles. The first-order chi connectivity index (χ1) is 14.2. The van der Waals surface area contributed by atoms with Gasteiger partial charge >= 0.3 is 134 Å². The third-order valence-electron chi connectivity index (χ3n) is 7.60. The molecular weight excluding hydrogens is 469 g/mol. The quantitative estimate of drug-likeness (QED) is 0.444. The Morgan fingerprint density at radius 2 is 1.21 bits per heavy atom. The molecule has 1 aromatic rings. The molecule has 4 nitrogen and oxygen atoms in total. The van der Waals surface area contributed by atoms with Crippen LogP contribution in [-0.4, -0.2) is 40.9 Å². The third-order valence-corrected chi connectivity index (χ3v) is 22.6. The van der Waals surface area contributed by atoms with E-state index in [0.29, 0.717) is 0 Å². The maximum atomic E-state index is 10.2. The summed E-state index contributed by atoms with van der Waals surface area (Å²) in [5, 5.41) is 17.2. The molecule has 0 bridgehead atoms. The van der Waals surface area contributed by atoms with Gasteiger partial charge in [0.05, 0.1) is 0 Å². The van der Waals surface area contributed by atoms with Gasteiger partial charge in [-0.25, -0.2) is 9.78 Å². The second kappa shape index (κ2) is 12.2. The van der Waals surface area contributed by atoms with Gasteiger partial charge in [-0.15, -0.1) is 0 Å². The number of carboxylic acids is 1. The van der Waals surface area contributed by atoms with Crippen LogP contribution in [0, 0.1) is 0 Å². The third kappa shape index (κ3) is 6.86. The Labute approximate surface area is 183 Å². The topological polar surface area (TPSA) is 70.4 Å². The molecule has 0 amide bonds. The van der Waals surface area contributed by atoms with Crippen LogP contribution in [0.25, 0.3) is 0 Å². The van der Waals surface area contributed by atoms with Crippen molar-refractivity contribution < 1.29 is 15.0 Å². The van der Waals surface area contributed by atoms with E-state index in [0.717, 1.165) is 0 Å². The van der Waals surface area contributed by atoms with Gasteiger partial charge in [0.1, 0.15) is 5.56 Å². The molecule has 0 radical (unpaired) electrons. The van der Waals surface area contributed by atoms with Crippen molar-refractivity contribution in [1.82, 2.24) is 4.98 Å². The summed E-state index contributed by atoms with van der Waals surface area (Å²) in [7, 11) is 0. The van der Waals surface area contributed by atoms with Crippen LogP contribution in [-0.2, 0) is 0 Å². The maximum Gasteiger partial charge on any atom is 0.341 e. The van der Waals surface area contributed by atoms with Crippen LogP contribution in [0.3, 0.4) is 0 Å². The van der Waals surface area contributed by atoms with E-state index in [1.165, 1.54) is 30.1 Å². The molecule has 29 heavy (non-hydrogen) atoms. The molecule has 0 aromatic carbocycles. The number of pyridine rings is 1. The number of aromatic carboxylic acids is 1. The van der Waals surface area contributed by atoms with Gasteiger partial charge in [-0.2, -0.15) is 0 Å². The zero-order valence-electron chi connectivity index (χ0n) is 17.9. The molecule has 1 heterocycles. The minimum atomic E-state index is -1.31. The fourth-order valence-corrected chi connectivity index (χ4v) is 23.5. The van der Waals surface area contributed by atoms with Gasteiger partial charge in [0.25, 0.3) is 0 Å². The predicted molar refractivity (Wildman–Crippen MR) is 121 cm³/mol. The SMILES string of the molecule is C1CC[CH]([SnH]([CH]2CCCCC2)[CH]2CCCCC2)CC1.O=C(O)c1cccnc1O. The zero-order valence-corrected chi connectivity index (χ0v) is 21.2. The average molecular weight is 508 g/mol. The van der Waals surface area contributed by atoms with Crippen LogP contribution in [0.4, 0.5) is 0 Å². The van der Waals surface area contributed by atoms with Crippen molar-refractivity contribution in [3.63, 3.8) is 0 Å². The van der Waals surface area contributed by atoms with Crippen molar-refractivity contribution in [2.75, 3.05) is 0 Å². The van der Waals surface area contributed by atoms with Gasteiger partial charge in [-0.1, -0.05) is 0 Å². The minimum Gasteiger partial charge on any atom is -0.493 e. The summed E-state index contributed by atoms with van der Waals surface area (Å²) in [6.45, 7) is 0. The van der Waals surface area contributed by atoms with Gasteiger partial charge < -0.3 is 10.2 Å². The molecular formula is C24H39NO3Sn. The molecule has 0 spiro atoms. The minimum absolute atomic E-state index is 0.178. The van der Waals surface area contributed by atoms with E-state index >= 15 is 0 Å². The van der Waals surface area contributed by atoms with E-state index in [1.807, 2.05) is 0 Å². The van der Waals surface area contributed by atoms with Gasteiger partial charge in [0.2, 0.25) is 5.88 Å². The fraction of sp³-hybridized carbons (Fsp3) is 0.750. The summed E-state index contributed by atoms with van der Waals surface area (Å²) in [6, 6.07) is 2.73. The molecule has 3 saturated carbocycles. The molecule has 0 aliphatic heterocycles. The number of aromatic hydroxyl groups is 1. The number of hydrogen-bond donors (Lipinski definition) is 2. The van der Waals surface area contributed by atoms with Crippen LogP contribution >= 0.6 is 0 Å². The van der Waals surface area contributed by atoms with Crippen molar-refractivity contribution in [1.29, 1.82) is 0 Å². The monoisotopic (exact) mass is 509 g/mol. The molecule has 3 fully saturated rings. The van der Waals surface area contributed by atoms with Gasteiger partial charge in [-0.05, 0) is 12.1 Å². The second-order valence-electron chi connectivity index (χ2n) is 9.45. The molecule has 162 valence electrons. The smallest absolute Gasteiger partial charge is 0.341 e. The first kappa shape index (κ1) is 22.9. The van der Waals surface area contributed by atoms with Crippen LogP contribution < -0.4 is 0 Å². The molecule has 0 unspecified atom stereocenters. The Morgan fingerprint density at radius 3 is 1.52 bits per heavy atom. The van der Waals surface area contributed by atoms with Gasteiger partial charge in [-0.3, -0.25) is 0 Å². The normalized spacial score (nSPS) is 22.1. The van der Waals surface area contributed by atoms with Crippen molar-refractivity contribution in [2.24, 2.45) is 0 Å². The van der Waals surface area contributed by atoms with E-state index in [-0.39, 0.29) is 5.56 Å². The van der Waals surface area contributed by atoms with Crippen molar-refractivity contribution in [3.8, 4) is 5.88 Å². The molecule has 5 heteroatoms. The number of hydrogen-bond acceptors (Lipinski definition) is 3. The summed E-state index contributed by atoms with van der Waals surface area (Å²) in [4.78, 5) is 13.6.